The smallest absolute Gasteiger partial charge is 0.274 e. The Labute approximate surface area is 153 Å². The molecular formula is C18H12Cl2FN3O. The number of nitrogens with zero attached hydrogens (tertiary/aromatic N) is 1. The molecular weight excluding hydrogens is 364 g/mol. The summed E-state index contributed by atoms with van der Waals surface area (Å²) in [6, 6.07) is 14.2. The molecule has 0 radical (unpaired) electrons. The lowest BCUT2D eigenvalue weighted by Gasteiger charge is -2.10. The number of benzene rings is 2. The van der Waals surface area contributed by atoms with Gasteiger partial charge in [0, 0.05) is 17.6 Å². The van der Waals surface area contributed by atoms with Gasteiger partial charge in [0.1, 0.15) is 11.5 Å². The standard InChI is InChI=1S/C18H12Cl2FN3O/c19-14-5-2-6-15(17(14)20)24-18(25)16-10-13(7-8-22-16)23-12-4-1-3-11(21)9-12/h1-10H,(H,22,23)(H,24,25). The molecule has 0 atom stereocenters. The van der Waals surface area contributed by atoms with Crippen LogP contribution >= 0.6 is 23.2 Å². The van der Waals surface area contributed by atoms with E-state index in [4.69, 9.17) is 23.2 Å². The van der Waals surface area contributed by atoms with Gasteiger partial charge in [0.25, 0.3) is 5.91 Å². The number of aromatic nitrogens is 1. The fourth-order valence-electron chi connectivity index (χ4n) is 2.15. The number of rotatable bonds is 4. The first-order chi connectivity index (χ1) is 12.0. The number of amides is 1. The number of pyridine rings is 1. The van der Waals surface area contributed by atoms with Crippen LogP contribution in [0.3, 0.4) is 0 Å². The van der Waals surface area contributed by atoms with Crippen LogP contribution in [0.1, 0.15) is 10.5 Å². The molecule has 0 spiro atoms. The van der Waals surface area contributed by atoms with E-state index in [-0.39, 0.29) is 16.5 Å². The van der Waals surface area contributed by atoms with E-state index in [1.165, 1.54) is 18.3 Å². The van der Waals surface area contributed by atoms with Crippen molar-refractivity contribution in [3.8, 4) is 0 Å². The number of anilines is 3. The van der Waals surface area contributed by atoms with Gasteiger partial charge in [-0.1, -0.05) is 35.3 Å². The normalized spacial score (nSPS) is 10.4. The van der Waals surface area contributed by atoms with Gasteiger partial charge < -0.3 is 10.6 Å². The van der Waals surface area contributed by atoms with Crippen molar-refractivity contribution >= 4 is 46.2 Å². The first-order valence-corrected chi connectivity index (χ1v) is 8.02. The highest BCUT2D eigenvalue weighted by Gasteiger charge is 2.12. The van der Waals surface area contributed by atoms with Crippen LogP contribution in [0.15, 0.2) is 60.8 Å². The molecule has 0 saturated heterocycles. The Morgan fingerprint density at radius 3 is 2.56 bits per heavy atom. The number of carbonyl (C=O) groups is 1. The van der Waals surface area contributed by atoms with Crippen molar-refractivity contribution < 1.29 is 9.18 Å². The first kappa shape index (κ1) is 17.2. The summed E-state index contributed by atoms with van der Waals surface area (Å²) >= 11 is 12.0. The Morgan fingerprint density at radius 2 is 1.76 bits per heavy atom. The highest BCUT2D eigenvalue weighted by molar-refractivity contribution is 6.44. The fourth-order valence-corrected chi connectivity index (χ4v) is 2.50. The van der Waals surface area contributed by atoms with Gasteiger partial charge in [-0.2, -0.15) is 0 Å². The van der Waals surface area contributed by atoms with Crippen molar-refractivity contribution in [2.75, 3.05) is 10.6 Å². The van der Waals surface area contributed by atoms with Gasteiger partial charge in [-0.15, -0.1) is 0 Å². The molecule has 1 heterocycles. The lowest BCUT2D eigenvalue weighted by Crippen LogP contribution is -2.14. The van der Waals surface area contributed by atoms with Crippen molar-refractivity contribution in [2.45, 2.75) is 0 Å². The summed E-state index contributed by atoms with van der Waals surface area (Å²) in [5, 5.41) is 6.28. The molecule has 2 N–H and O–H groups in total. The molecule has 0 bridgehead atoms. The maximum Gasteiger partial charge on any atom is 0.274 e. The molecule has 4 nitrogen and oxygen atoms in total. The molecule has 3 rings (SSSR count). The number of hydrogen-bond acceptors (Lipinski definition) is 3. The molecule has 3 aromatic rings. The van der Waals surface area contributed by atoms with Crippen LogP contribution in [0.2, 0.25) is 10.0 Å². The number of hydrogen-bond donors (Lipinski definition) is 2. The second kappa shape index (κ2) is 7.51. The molecule has 7 heteroatoms. The molecule has 0 saturated carbocycles. The minimum Gasteiger partial charge on any atom is -0.355 e. The van der Waals surface area contributed by atoms with Crippen LogP contribution in [-0.2, 0) is 0 Å². The van der Waals surface area contributed by atoms with E-state index >= 15 is 0 Å². The van der Waals surface area contributed by atoms with E-state index in [9.17, 15) is 9.18 Å². The topological polar surface area (TPSA) is 54.0 Å². The third-order valence-corrected chi connectivity index (χ3v) is 4.12. The first-order valence-electron chi connectivity index (χ1n) is 7.27. The monoisotopic (exact) mass is 375 g/mol. The van der Waals surface area contributed by atoms with E-state index in [1.807, 2.05) is 0 Å². The van der Waals surface area contributed by atoms with E-state index in [0.717, 1.165) is 0 Å². The van der Waals surface area contributed by atoms with E-state index in [0.29, 0.717) is 22.1 Å². The number of nitrogens with one attached hydrogen (secondary N) is 2. The Hall–Kier alpha value is -2.63. The fraction of sp³-hybridized carbons (Fsp3) is 0. The van der Waals surface area contributed by atoms with Crippen molar-refractivity contribution in [1.29, 1.82) is 0 Å². The Balaban J connectivity index is 1.78. The van der Waals surface area contributed by atoms with E-state index < -0.39 is 5.91 Å². The average molecular weight is 376 g/mol. The van der Waals surface area contributed by atoms with Crippen LogP contribution in [0, 0.1) is 5.82 Å². The molecule has 0 fully saturated rings. The molecule has 1 amide bonds. The summed E-state index contributed by atoms with van der Waals surface area (Å²) in [5.74, 6) is -0.792. The van der Waals surface area contributed by atoms with Gasteiger partial charge in [-0.05, 0) is 42.5 Å². The van der Waals surface area contributed by atoms with Crippen LogP contribution < -0.4 is 10.6 Å². The molecule has 1 aromatic heterocycles. The lowest BCUT2D eigenvalue weighted by molar-refractivity contribution is 0.102. The molecule has 0 aliphatic carbocycles. The van der Waals surface area contributed by atoms with Crippen molar-refractivity contribution in [1.82, 2.24) is 4.98 Å². The maximum absolute atomic E-state index is 13.3. The Bertz CT molecular complexity index is 934. The lowest BCUT2D eigenvalue weighted by atomic mass is 10.2. The van der Waals surface area contributed by atoms with Crippen molar-refractivity contribution in [3.63, 3.8) is 0 Å². The van der Waals surface area contributed by atoms with Crippen LogP contribution in [0.4, 0.5) is 21.5 Å². The van der Waals surface area contributed by atoms with Crippen LogP contribution in [-0.4, -0.2) is 10.9 Å². The highest BCUT2D eigenvalue weighted by atomic mass is 35.5. The van der Waals surface area contributed by atoms with E-state index in [2.05, 4.69) is 15.6 Å². The van der Waals surface area contributed by atoms with Gasteiger partial charge in [-0.3, -0.25) is 9.78 Å². The summed E-state index contributed by atoms with van der Waals surface area (Å²) in [5.41, 5.74) is 1.74. The highest BCUT2D eigenvalue weighted by Crippen LogP contribution is 2.29. The quantitative estimate of drug-likeness (QED) is 0.630. The summed E-state index contributed by atoms with van der Waals surface area (Å²) in [6.07, 6.45) is 1.48. The second-order valence-electron chi connectivity index (χ2n) is 5.12. The van der Waals surface area contributed by atoms with Crippen LogP contribution in [0.25, 0.3) is 0 Å². The van der Waals surface area contributed by atoms with Crippen molar-refractivity contribution in [2.24, 2.45) is 0 Å². The van der Waals surface area contributed by atoms with Gasteiger partial charge in [-0.25, -0.2) is 4.39 Å². The molecule has 25 heavy (non-hydrogen) atoms. The minimum absolute atomic E-state index is 0.178. The zero-order valence-electron chi connectivity index (χ0n) is 12.8. The Kier molecular flexibility index (Phi) is 5.16. The summed E-state index contributed by atoms with van der Waals surface area (Å²) in [4.78, 5) is 16.4. The predicted molar refractivity (Wildman–Crippen MR) is 98.3 cm³/mol. The predicted octanol–water partition coefficient (Wildman–Crippen LogP) is 5.52. The summed E-state index contributed by atoms with van der Waals surface area (Å²) in [6.45, 7) is 0. The summed E-state index contributed by atoms with van der Waals surface area (Å²) < 4.78 is 13.3. The third kappa shape index (κ3) is 4.26. The zero-order valence-corrected chi connectivity index (χ0v) is 14.3. The maximum atomic E-state index is 13.3. The third-order valence-electron chi connectivity index (χ3n) is 3.31. The molecule has 0 aliphatic rings. The summed E-state index contributed by atoms with van der Waals surface area (Å²) in [7, 11) is 0. The number of halogens is 3. The largest absolute Gasteiger partial charge is 0.355 e. The van der Waals surface area contributed by atoms with Crippen LogP contribution in [0.5, 0.6) is 0 Å². The second-order valence-corrected chi connectivity index (χ2v) is 5.91. The van der Waals surface area contributed by atoms with Gasteiger partial charge in [0.05, 0.1) is 15.7 Å². The van der Waals surface area contributed by atoms with Crippen molar-refractivity contribution in [3.05, 3.63) is 82.4 Å². The molecule has 2 aromatic carbocycles. The Morgan fingerprint density at radius 1 is 1.00 bits per heavy atom. The van der Waals surface area contributed by atoms with Gasteiger partial charge >= 0.3 is 0 Å². The molecule has 126 valence electrons. The average Bonchev–Trinajstić information content (AvgIpc) is 2.59. The van der Waals surface area contributed by atoms with Gasteiger partial charge in [0.15, 0.2) is 0 Å². The molecule has 0 aliphatic heterocycles. The number of carbonyl (C=O) groups excluding carboxylic acids is 1. The zero-order chi connectivity index (χ0) is 17.8. The molecule has 0 unspecified atom stereocenters. The van der Waals surface area contributed by atoms with E-state index in [1.54, 1.807) is 42.5 Å². The minimum atomic E-state index is -0.438. The van der Waals surface area contributed by atoms with Gasteiger partial charge in [0.2, 0.25) is 0 Å². The SMILES string of the molecule is O=C(Nc1cccc(Cl)c1Cl)c1cc(Nc2cccc(F)c2)ccn1.